The third-order valence-corrected chi connectivity index (χ3v) is 2.78. The molecule has 0 aliphatic carbocycles. The van der Waals surface area contributed by atoms with E-state index in [9.17, 15) is 19.8 Å². The lowest BCUT2D eigenvalue weighted by molar-refractivity contribution is -0.147. The Morgan fingerprint density at radius 1 is 1.32 bits per heavy atom. The molecule has 0 aliphatic heterocycles. The van der Waals surface area contributed by atoms with Gasteiger partial charge in [0, 0.05) is 6.42 Å². The highest BCUT2D eigenvalue weighted by Crippen LogP contribution is 2.20. The number of esters is 1. The van der Waals surface area contributed by atoms with Crippen molar-refractivity contribution in [2.45, 2.75) is 25.6 Å². The van der Waals surface area contributed by atoms with Crippen molar-refractivity contribution in [3.8, 4) is 0 Å². The zero-order valence-electron chi connectivity index (χ0n) is 10.5. The summed E-state index contributed by atoms with van der Waals surface area (Å²) in [6.07, 6.45) is -1.19. The number of carboxylic acids is 1. The highest BCUT2D eigenvalue weighted by atomic mass is 16.5. The number of aliphatic hydroxyl groups is 2. The molecule has 0 radical (unpaired) electrons. The van der Waals surface area contributed by atoms with Crippen LogP contribution in [0, 0.1) is 0 Å². The Labute approximate surface area is 110 Å². The molecule has 0 fully saturated rings. The molecule has 0 saturated carbocycles. The molecular weight excluding hydrogens is 252 g/mol. The second-order valence-electron chi connectivity index (χ2n) is 4.00. The largest absolute Gasteiger partial charge is 0.479 e. The Morgan fingerprint density at radius 3 is 2.53 bits per heavy atom. The van der Waals surface area contributed by atoms with Gasteiger partial charge in [0.05, 0.1) is 13.7 Å². The zero-order chi connectivity index (χ0) is 14.4. The highest BCUT2D eigenvalue weighted by molar-refractivity contribution is 5.74. The Bertz CT molecular complexity index is 468. The van der Waals surface area contributed by atoms with Gasteiger partial charge in [0.1, 0.15) is 0 Å². The predicted octanol–water partition coefficient (Wildman–Crippen LogP) is 0.402. The molecule has 0 aliphatic rings. The topological polar surface area (TPSA) is 104 Å². The smallest absolute Gasteiger partial charge is 0.337 e. The van der Waals surface area contributed by atoms with Gasteiger partial charge in [-0.25, -0.2) is 4.79 Å². The molecule has 6 nitrogen and oxygen atoms in total. The van der Waals surface area contributed by atoms with Crippen molar-refractivity contribution in [1.82, 2.24) is 0 Å². The number of carboxylic acid groups (broad SMARTS) is 1. The van der Waals surface area contributed by atoms with Crippen molar-refractivity contribution in [3.05, 3.63) is 34.9 Å². The van der Waals surface area contributed by atoms with E-state index in [-0.39, 0.29) is 18.6 Å². The molecule has 3 N–H and O–H groups in total. The number of aliphatic carboxylic acids is 1. The minimum atomic E-state index is -1.62. The molecular formula is C13H16O6. The SMILES string of the molecule is COC(=O)CCc1cc(C(O)C(=O)O)ccc1CO. The van der Waals surface area contributed by atoms with Crippen LogP contribution in [0.4, 0.5) is 0 Å². The number of benzene rings is 1. The summed E-state index contributed by atoms with van der Waals surface area (Å²) in [7, 11) is 1.28. The van der Waals surface area contributed by atoms with Gasteiger partial charge in [-0.05, 0) is 23.1 Å². The second kappa shape index (κ2) is 6.86. The monoisotopic (exact) mass is 268 g/mol. The Balaban J connectivity index is 2.96. The molecule has 104 valence electrons. The summed E-state index contributed by atoms with van der Waals surface area (Å²) in [5.74, 6) is -1.75. The third-order valence-electron chi connectivity index (χ3n) is 2.78. The number of hydrogen-bond acceptors (Lipinski definition) is 5. The maximum atomic E-state index is 11.1. The van der Waals surface area contributed by atoms with Crippen LogP contribution < -0.4 is 0 Å². The maximum absolute atomic E-state index is 11.1. The lowest BCUT2D eigenvalue weighted by atomic mass is 9.98. The van der Waals surface area contributed by atoms with E-state index < -0.39 is 18.0 Å². The van der Waals surface area contributed by atoms with Crippen molar-refractivity contribution < 1.29 is 29.6 Å². The molecule has 1 atom stereocenters. The number of ether oxygens (including phenoxy) is 1. The van der Waals surface area contributed by atoms with Gasteiger partial charge in [-0.1, -0.05) is 18.2 Å². The van der Waals surface area contributed by atoms with Crippen LogP contribution in [0.2, 0.25) is 0 Å². The first-order valence-corrected chi connectivity index (χ1v) is 5.69. The van der Waals surface area contributed by atoms with Gasteiger partial charge in [0.15, 0.2) is 6.10 Å². The van der Waals surface area contributed by atoms with Crippen molar-refractivity contribution in [1.29, 1.82) is 0 Å². The fraction of sp³-hybridized carbons (Fsp3) is 0.385. The molecule has 1 rings (SSSR count). The summed E-state index contributed by atoms with van der Waals surface area (Å²) >= 11 is 0. The van der Waals surface area contributed by atoms with Crippen molar-refractivity contribution >= 4 is 11.9 Å². The van der Waals surface area contributed by atoms with Gasteiger partial charge in [-0.15, -0.1) is 0 Å². The van der Waals surface area contributed by atoms with E-state index in [2.05, 4.69) is 4.74 Å². The third kappa shape index (κ3) is 4.04. The van der Waals surface area contributed by atoms with Crippen LogP contribution in [0.3, 0.4) is 0 Å². The molecule has 1 unspecified atom stereocenters. The number of methoxy groups -OCH3 is 1. The Morgan fingerprint density at radius 2 is 2.00 bits per heavy atom. The zero-order valence-corrected chi connectivity index (χ0v) is 10.5. The van der Waals surface area contributed by atoms with Gasteiger partial charge in [0.2, 0.25) is 0 Å². The molecule has 0 amide bonds. The molecule has 1 aromatic rings. The molecule has 0 saturated heterocycles. The summed E-state index contributed by atoms with van der Waals surface area (Å²) in [5.41, 5.74) is 1.42. The van der Waals surface area contributed by atoms with Crippen molar-refractivity contribution in [3.63, 3.8) is 0 Å². The van der Waals surface area contributed by atoms with E-state index in [4.69, 9.17) is 5.11 Å². The summed E-state index contributed by atoms with van der Waals surface area (Å²) < 4.78 is 4.52. The van der Waals surface area contributed by atoms with E-state index in [0.717, 1.165) is 0 Å². The van der Waals surface area contributed by atoms with Gasteiger partial charge >= 0.3 is 11.9 Å². The number of rotatable bonds is 6. The van der Waals surface area contributed by atoms with E-state index in [0.29, 0.717) is 17.5 Å². The summed E-state index contributed by atoms with van der Waals surface area (Å²) in [5, 5.41) is 27.4. The fourth-order valence-electron chi connectivity index (χ4n) is 1.68. The number of aryl methyl sites for hydroxylation is 1. The van der Waals surface area contributed by atoms with Crippen molar-refractivity contribution in [2.75, 3.05) is 7.11 Å². The first-order chi connectivity index (χ1) is 8.99. The van der Waals surface area contributed by atoms with Crippen LogP contribution in [-0.2, 0) is 27.4 Å². The number of carbonyl (C=O) groups excluding carboxylic acids is 1. The van der Waals surface area contributed by atoms with Crippen LogP contribution in [0.1, 0.15) is 29.2 Å². The fourth-order valence-corrected chi connectivity index (χ4v) is 1.68. The quantitative estimate of drug-likeness (QED) is 0.645. The van der Waals surface area contributed by atoms with E-state index >= 15 is 0 Å². The van der Waals surface area contributed by atoms with Gasteiger partial charge in [-0.2, -0.15) is 0 Å². The average Bonchev–Trinajstić information content (AvgIpc) is 2.43. The summed E-state index contributed by atoms with van der Waals surface area (Å²) in [6, 6.07) is 4.45. The standard InChI is InChI=1S/C13H16O6/c1-19-11(15)5-4-8-6-9(12(16)13(17)18)2-3-10(8)7-14/h2-3,6,12,14,16H,4-5,7H2,1H3,(H,17,18). The highest BCUT2D eigenvalue weighted by Gasteiger charge is 2.17. The second-order valence-corrected chi connectivity index (χ2v) is 4.00. The van der Waals surface area contributed by atoms with Crippen LogP contribution in [0.15, 0.2) is 18.2 Å². The lowest BCUT2D eigenvalue weighted by Gasteiger charge is -2.11. The molecule has 0 aromatic heterocycles. The van der Waals surface area contributed by atoms with E-state index in [1.807, 2.05) is 0 Å². The van der Waals surface area contributed by atoms with Gasteiger partial charge < -0.3 is 20.1 Å². The molecule has 6 heteroatoms. The van der Waals surface area contributed by atoms with Crippen LogP contribution >= 0.6 is 0 Å². The molecule has 19 heavy (non-hydrogen) atoms. The Kier molecular flexibility index (Phi) is 5.47. The predicted molar refractivity (Wildman–Crippen MR) is 65.3 cm³/mol. The minimum Gasteiger partial charge on any atom is -0.479 e. The van der Waals surface area contributed by atoms with Crippen LogP contribution in [0.25, 0.3) is 0 Å². The number of hydrogen-bond donors (Lipinski definition) is 3. The first kappa shape index (κ1) is 15.1. The van der Waals surface area contributed by atoms with Crippen LogP contribution in [0.5, 0.6) is 0 Å². The number of carbonyl (C=O) groups is 2. The summed E-state index contributed by atoms with van der Waals surface area (Å²) in [4.78, 5) is 21.8. The molecule has 1 aromatic carbocycles. The molecule has 0 heterocycles. The molecule has 0 bridgehead atoms. The first-order valence-electron chi connectivity index (χ1n) is 5.69. The van der Waals surface area contributed by atoms with Crippen LogP contribution in [-0.4, -0.2) is 34.4 Å². The van der Waals surface area contributed by atoms with E-state index in [1.54, 1.807) is 0 Å². The van der Waals surface area contributed by atoms with Gasteiger partial charge in [-0.3, -0.25) is 4.79 Å². The normalized spacial score (nSPS) is 11.9. The maximum Gasteiger partial charge on any atom is 0.337 e. The lowest BCUT2D eigenvalue weighted by Crippen LogP contribution is -2.11. The van der Waals surface area contributed by atoms with Gasteiger partial charge in [0.25, 0.3) is 0 Å². The average molecular weight is 268 g/mol. The van der Waals surface area contributed by atoms with E-state index in [1.165, 1.54) is 25.3 Å². The van der Waals surface area contributed by atoms with Crippen molar-refractivity contribution in [2.24, 2.45) is 0 Å². The number of aliphatic hydroxyl groups excluding tert-OH is 2. The Hall–Kier alpha value is -1.92. The molecule has 0 spiro atoms. The summed E-state index contributed by atoms with van der Waals surface area (Å²) in [6.45, 7) is -0.222. The minimum absolute atomic E-state index is 0.121.